The Balaban J connectivity index is -0.000000381. The third-order valence-electron chi connectivity index (χ3n) is 5.71. The summed E-state index contributed by atoms with van der Waals surface area (Å²) in [6.45, 7) is 16.7. The second kappa shape index (κ2) is 44.8. The Kier molecular flexibility index (Phi) is 48.6. The van der Waals surface area contributed by atoms with Gasteiger partial charge in [-0.25, -0.2) is 0 Å². The van der Waals surface area contributed by atoms with Crippen LogP contribution in [0.3, 0.4) is 0 Å². The van der Waals surface area contributed by atoms with Gasteiger partial charge in [0.1, 0.15) is 11.8 Å². The number of nitro groups is 1. The summed E-state index contributed by atoms with van der Waals surface area (Å²) in [6.07, 6.45) is 2.88. The van der Waals surface area contributed by atoms with Crippen molar-refractivity contribution in [3.8, 4) is 5.75 Å². The second-order valence-corrected chi connectivity index (χ2v) is 10.1. The molecule has 1 unspecified atom stereocenters. The number of rotatable bonds is 23. The topological polar surface area (TPSA) is 237 Å². The van der Waals surface area contributed by atoms with Crippen molar-refractivity contribution in [3.05, 3.63) is 64.2 Å². The molecule has 17 nitrogen and oxygen atoms in total. The molecule has 2 aromatic carbocycles. The maximum absolute atomic E-state index is 12.2. The van der Waals surface area contributed by atoms with Crippen LogP contribution >= 0.6 is 0 Å². The maximum atomic E-state index is 12.2. The van der Waals surface area contributed by atoms with Gasteiger partial charge in [-0.05, 0) is 36.8 Å². The van der Waals surface area contributed by atoms with Crippen molar-refractivity contribution in [1.29, 1.82) is 0 Å². The van der Waals surface area contributed by atoms with E-state index in [0.29, 0.717) is 58.5 Å². The van der Waals surface area contributed by atoms with Crippen LogP contribution in [0.1, 0.15) is 66.9 Å². The first-order valence-corrected chi connectivity index (χ1v) is 18.0. The van der Waals surface area contributed by atoms with E-state index in [1.54, 1.807) is 30.7 Å². The van der Waals surface area contributed by atoms with Gasteiger partial charge in [0.05, 0.1) is 70.9 Å². The van der Waals surface area contributed by atoms with E-state index in [-0.39, 0.29) is 76.2 Å². The first kappa shape index (κ1) is 60.7. The number of non-ortho nitro benzene ring substituents is 1. The fourth-order valence-electron chi connectivity index (χ4n) is 3.24. The number of ether oxygens (including phenoxy) is 4. The van der Waals surface area contributed by atoms with Crippen LogP contribution in [0.15, 0.2) is 48.5 Å². The fourth-order valence-corrected chi connectivity index (χ4v) is 3.24. The normalized spacial score (nSPS) is 9.71. The second-order valence-electron chi connectivity index (χ2n) is 10.1. The molecule has 0 bridgehead atoms. The summed E-state index contributed by atoms with van der Waals surface area (Å²) in [5, 5.41) is 37.8. The third kappa shape index (κ3) is 37.7. The molecule has 6 N–H and O–H groups in total. The molecule has 0 fully saturated rings. The molecule has 0 saturated carbocycles. The third-order valence-corrected chi connectivity index (χ3v) is 5.71. The van der Waals surface area contributed by atoms with Crippen molar-refractivity contribution in [3.63, 3.8) is 0 Å². The summed E-state index contributed by atoms with van der Waals surface area (Å²) in [5.41, 5.74) is 1.24. The average Bonchev–Trinajstić information content (AvgIpc) is 3.18. The van der Waals surface area contributed by atoms with Gasteiger partial charge in [0.25, 0.3) is 5.69 Å². The van der Waals surface area contributed by atoms with Crippen LogP contribution in [0, 0.1) is 10.1 Å². The van der Waals surface area contributed by atoms with Crippen molar-refractivity contribution in [2.24, 2.45) is 0 Å². The molecule has 0 aromatic heterocycles. The zero-order chi connectivity index (χ0) is 41.4. The Hall–Kier alpha value is -4.58. The van der Waals surface area contributed by atoms with E-state index in [0.717, 1.165) is 5.56 Å². The van der Waals surface area contributed by atoms with E-state index < -0.39 is 22.8 Å². The van der Waals surface area contributed by atoms with E-state index in [9.17, 15) is 29.3 Å². The monoisotopic (exact) mass is 1110 g/mol. The number of hydrogen-bond donors (Lipinski definition) is 6. The molecule has 323 valence electrons. The standard InChI is InChI=1S/C24H37N4O9.C6H5NO3.C3H8.2C2H6.Fm.Y/c1-19(24(33)28-21-4-2-20(17-29)3-5-21)27-23(32)16-26-22(31)6-8-34-10-12-36-14-15-37-13-11-35-9-7-25-18-30;8-6-3-1-5(2-4-6)7(9)10;1-3-2;2*1-2;;/h2-5,19,29H,6-17H2,1H3,(H,25,30)(H,26,31)(H,27,32)(H,28,33);1-4,8H;3H2,1-2H3;2*1-2H3;;/q-1;;;;;;. The van der Waals surface area contributed by atoms with Crippen LogP contribution in [0.2, 0.25) is 0 Å². The molecule has 4 amide bonds. The molecular weight excluding hydrogens is 1050 g/mol. The molecule has 0 saturated heterocycles. The molecule has 2 rings (SSSR count). The van der Waals surface area contributed by atoms with Crippen LogP contribution in [0.4, 0.5) is 11.4 Å². The molecule has 0 heterocycles. The van der Waals surface area contributed by atoms with Gasteiger partial charge >= 0.3 is 0 Å². The number of aromatic hydroxyl groups is 1. The van der Waals surface area contributed by atoms with Crippen LogP contribution in [0.5, 0.6) is 5.75 Å². The number of amides is 4. The number of benzene rings is 2. The van der Waals surface area contributed by atoms with Crippen molar-refractivity contribution in [2.45, 2.75) is 74.0 Å². The van der Waals surface area contributed by atoms with E-state index in [1.807, 2.05) is 27.7 Å². The summed E-state index contributed by atoms with van der Waals surface area (Å²) in [5.74, 6) is -1.23. The number of aliphatic hydroxyl groups excluding tert-OH is 1. The maximum Gasteiger partial charge on any atom is 0.269 e. The number of nitrogens with one attached hydrogen (secondary N) is 4. The minimum absolute atomic E-state index is 0. The Bertz CT molecular complexity index is 1230. The van der Waals surface area contributed by atoms with Crippen molar-refractivity contribution in [2.75, 3.05) is 71.3 Å². The number of nitro benzene ring substituents is 1. The number of aliphatic hydroxyl groups is 1. The minimum Gasteiger partial charge on any atom is -0.528 e. The van der Waals surface area contributed by atoms with Crippen LogP contribution in [-0.4, -0.2) is 111 Å². The van der Waals surface area contributed by atoms with Crippen LogP contribution < -0.4 is 21.3 Å². The Morgan fingerprint density at radius 1 is 0.804 bits per heavy atom. The minimum atomic E-state index is -0.806. The number of nitrogens with zero attached hydrogens (tertiary/aromatic N) is 1. The number of carbonyl (C=O) groups excluding carboxylic acids is 4. The predicted molar refractivity (Wildman–Crippen MR) is 207 cm³/mol. The first-order chi connectivity index (χ1) is 26.1. The van der Waals surface area contributed by atoms with Crippen molar-refractivity contribution in [1.82, 2.24) is 16.0 Å². The van der Waals surface area contributed by atoms with Crippen LogP contribution in [0.25, 0.3) is 0 Å². The van der Waals surface area contributed by atoms with Gasteiger partial charge in [-0.2, -0.15) is 6.41 Å². The molecule has 1 atom stereocenters. The van der Waals surface area contributed by atoms with Gasteiger partial charge in [-0.1, -0.05) is 60.1 Å². The van der Waals surface area contributed by atoms with Crippen LogP contribution in [-0.2, 0) is 77.4 Å². The summed E-state index contributed by atoms with van der Waals surface area (Å²) in [6, 6.07) is 10.9. The molecule has 2 aromatic rings. The molecule has 19 heteroatoms. The van der Waals surface area contributed by atoms with E-state index in [2.05, 4.69) is 35.1 Å². The molecule has 1 radical (unpaired) electrons. The quantitative estimate of drug-likeness (QED) is 0.0308. The number of carbonyl (C=O) groups is 3. The first-order valence-electron chi connectivity index (χ1n) is 18.0. The summed E-state index contributed by atoms with van der Waals surface area (Å²) < 4.78 is 21.2. The van der Waals surface area contributed by atoms with Gasteiger partial charge in [0.15, 0.2) is 0 Å². The fraction of sp³-hybridized carbons (Fsp3) is 0.568. The Morgan fingerprint density at radius 2 is 1.27 bits per heavy atom. The summed E-state index contributed by atoms with van der Waals surface area (Å²) in [7, 11) is 0. The van der Waals surface area contributed by atoms with Gasteiger partial charge < -0.3 is 55.2 Å². The van der Waals surface area contributed by atoms with E-state index >= 15 is 0 Å². The number of hydrogen-bond acceptors (Lipinski definition) is 12. The smallest absolute Gasteiger partial charge is 0.269 e. The van der Waals surface area contributed by atoms with Crippen molar-refractivity contribution < 1.29 is 86.0 Å². The van der Waals surface area contributed by atoms with Gasteiger partial charge in [-0.3, -0.25) is 24.5 Å². The molecule has 0 aliphatic rings. The molecule has 0 spiro atoms. The van der Waals surface area contributed by atoms with E-state index in [4.69, 9.17) is 29.2 Å². The summed E-state index contributed by atoms with van der Waals surface area (Å²) >= 11 is 0. The van der Waals surface area contributed by atoms with Gasteiger partial charge in [0.2, 0.25) is 17.7 Å². The molecule has 56 heavy (non-hydrogen) atoms. The zero-order valence-corrected chi connectivity index (χ0v) is 38.9. The van der Waals surface area contributed by atoms with Crippen molar-refractivity contribution >= 4 is 35.5 Å². The number of anilines is 1. The Labute approximate surface area is 351 Å². The van der Waals surface area contributed by atoms with Gasteiger partial charge in [-0.15, -0.1) is 0 Å². The number of phenolic OH excluding ortho intramolecular Hbond substituents is 1. The molecule has 0 aliphatic heterocycles. The largest absolute Gasteiger partial charge is 0.528 e. The summed E-state index contributed by atoms with van der Waals surface area (Å²) in [4.78, 5) is 55.5. The zero-order valence-electron chi connectivity index (χ0n) is 33.7. The Morgan fingerprint density at radius 3 is 1.71 bits per heavy atom. The van der Waals surface area contributed by atoms with E-state index in [1.165, 1.54) is 37.6 Å². The molecule has 0 aliphatic carbocycles. The SMILES string of the molecule is CC.CC.CC(NC(=O)CNC(=O)CCOCCOCCOCCOCCN[C-]=O)C(=O)Nc1ccc(CO)cc1.CCC.O=[N+]([O-])c1ccc(O)cc1.[Fm].[Y]. The molecular formula is C37H62FmN5O12Y-. The predicted octanol–water partition coefficient (Wildman–Crippen LogP) is 3.62. The number of phenols is 1. The average molecular weight is 1110 g/mol. The van der Waals surface area contributed by atoms with Gasteiger partial charge in [0, 0.05) is 63.5 Å².